The number of methoxy groups -OCH3 is 4. The number of hydrogen-bond donors (Lipinski definition) is 0. The number of nitrogens with zero attached hydrogens (tertiary/aromatic N) is 1. The van der Waals surface area contributed by atoms with Crippen molar-refractivity contribution in [1.29, 1.82) is 0 Å². The van der Waals surface area contributed by atoms with Gasteiger partial charge >= 0.3 is 0 Å². The zero-order valence-electron chi connectivity index (χ0n) is 20.1. The fourth-order valence-corrected chi connectivity index (χ4v) is 3.66. The van der Waals surface area contributed by atoms with Crippen molar-refractivity contribution in [3.05, 3.63) is 59.1 Å². The lowest BCUT2D eigenvalue weighted by atomic mass is 10.0. The summed E-state index contributed by atoms with van der Waals surface area (Å²) in [7, 11) is 8.64. The van der Waals surface area contributed by atoms with Gasteiger partial charge in [0.05, 0.1) is 28.4 Å². The SMILES string of the molecule is COC1=C(OC)C=C(C(=O)CCCCCN(C)CCc2ccc(OC)c(OC)c2)CC=C1. The molecular formula is C26H37NO5. The van der Waals surface area contributed by atoms with Gasteiger partial charge in [-0.05, 0) is 69.1 Å². The van der Waals surface area contributed by atoms with Crippen LogP contribution in [0.3, 0.4) is 0 Å². The molecular weight excluding hydrogens is 406 g/mol. The van der Waals surface area contributed by atoms with E-state index in [1.54, 1.807) is 28.4 Å². The first kappa shape index (κ1) is 25.5. The van der Waals surface area contributed by atoms with Crippen LogP contribution in [-0.4, -0.2) is 59.3 Å². The lowest BCUT2D eigenvalue weighted by molar-refractivity contribution is -0.115. The van der Waals surface area contributed by atoms with Crippen LogP contribution in [0.15, 0.2) is 53.5 Å². The van der Waals surface area contributed by atoms with Gasteiger partial charge in [-0.25, -0.2) is 0 Å². The highest BCUT2D eigenvalue weighted by Gasteiger charge is 2.14. The van der Waals surface area contributed by atoms with E-state index in [9.17, 15) is 4.79 Å². The van der Waals surface area contributed by atoms with Gasteiger partial charge in [0, 0.05) is 18.5 Å². The molecule has 0 saturated heterocycles. The summed E-state index contributed by atoms with van der Waals surface area (Å²) >= 11 is 0. The molecule has 6 nitrogen and oxygen atoms in total. The second-order valence-corrected chi connectivity index (χ2v) is 7.89. The molecule has 6 heteroatoms. The van der Waals surface area contributed by atoms with E-state index in [4.69, 9.17) is 18.9 Å². The van der Waals surface area contributed by atoms with Gasteiger partial charge in [-0.1, -0.05) is 18.6 Å². The van der Waals surface area contributed by atoms with E-state index in [2.05, 4.69) is 18.0 Å². The predicted molar refractivity (Wildman–Crippen MR) is 127 cm³/mol. The number of allylic oxidation sites excluding steroid dienone is 4. The van der Waals surface area contributed by atoms with Gasteiger partial charge in [-0.15, -0.1) is 0 Å². The van der Waals surface area contributed by atoms with E-state index in [0.717, 1.165) is 55.8 Å². The highest BCUT2D eigenvalue weighted by molar-refractivity contribution is 5.96. The molecule has 2 rings (SSSR count). The van der Waals surface area contributed by atoms with Gasteiger partial charge in [0.2, 0.25) is 0 Å². The molecule has 0 fully saturated rings. The fourth-order valence-electron chi connectivity index (χ4n) is 3.66. The van der Waals surface area contributed by atoms with Crippen molar-refractivity contribution in [2.24, 2.45) is 0 Å². The topological polar surface area (TPSA) is 57.2 Å². The molecule has 0 spiro atoms. The maximum atomic E-state index is 12.6. The summed E-state index contributed by atoms with van der Waals surface area (Å²) in [6.45, 7) is 1.99. The van der Waals surface area contributed by atoms with Gasteiger partial charge < -0.3 is 23.8 Å². The third-order valence-electron chi connectivity index (χ3n) is 5.63. The Balaban J connectivity index is 1.69. The van der Waals surface area contributed by atoms with Crippen molar-refractivity contribution in [1.82, 2.24) is 4.90 Å². The van der Waals surface area contributed by atoms with Crippen LogP contribution in [0.1, 0.15) is 37.7 Å². The lowest BCUT2D eigenvalue weighted by Crippen LogP contribution is -2.22. The molecule has 0 aromatic heterocycles. The maximum absolute atomic E-state index is 12.6. The Bertz CT molecular complexity index is 841. The van der Waals surface area contributed by atoms with Crippen LogP contribution >= 0.6 is 0 Å². The summed E-state index contributed by atoms with van der Waals surface area (Å²) in [5.74, 6) is 2.95. The molecule has 0 atom stereocenters. The number of rotatable bonds is 14. The van der Waals surface area contributed by atoms with E-state index in [-0.39, 0.29) is 5.78 Å². The average Bonchev–Trinajstić information content (AvgIpc) is 3.04. The van der Waals surface area contributed by atoms with Crippen molar-refractivity contribution in [3.63, 3.8) is 0 Å². The molecule has 176 valence electrons. The van der Waals surface area contributed by atoms with Crippen LogP contribution in [0.5, 0.6) is 11.5 Å². The van der Waals surface area contributed by atoms with Crippen molar-refractivity contribution >= 4 is 5.78 Å². The van der Waals surface area contributed by atoms with E-state index in [1.165, 1.54) is 5.56 Å². The fraction of sp³-hybridized carbons (Fsp3) is 0.500. The second-order valence-electron chi connectivity index (χ2n) is 7.89. The zero-order valence-corrected chi connectivity index (χ0v) is 20.1. The van der Waals surface area contributed by atoms with Gasteiger partial charge in [0.25, 0.3) is 0 Å². The normalized spacial score (nSPS) is 13.6. The first-order valence-electron chi connectivity index (χ1n) is 11.1. The number of hydrogen-bond acceptors (Lipinski definition) is 6. The summed E-state index contributed by atoms with van der Waals surface area (Å²) in [5, 5.41) is 0. The van der Waals surface area contributed by atoms with Crippen molar-refractivity contribution < 1.29 is 23.7 Å². The number of benzene rings is 1. The van der Waals surface area contributed by atoms with E-state index >= 15 is 0 Å². The maximum Gasteiger partial charge on any atom is 0.161 e. The van der Waals surface area contributed by atoms with Gasteiger partial charge in [0.1, 0.15) is 0 Å². The molecule has 1 aliphatic carbocycles. The number of likely N-dealkylation sites (N-methyl/N-ethyl adjacent to an activating group) is 1. The van der Waals surface area contributed by atoms with Crippen LogP contribution < -0.4 is 9.47 Å². The monoisotopic (exact) mass is 443 g/mol. The highest BCUT2D eigenvalue weighted by Crippen LogP contribution is 2.27. The summed E-state index contributed by atoms with van der Waals surface area (Å²) in [4.78, 5) is 14.9. The Hall–Kier alpha value is -2.73. The molecule has 0 saturated carbocycles. The number of carbonyl (C=O) groups excluding carboxylic acids is 1. The Labute approximate surface area is 192 Å². The minimum Gasteiger partial charge on any atom is -0.493 e. The summed E-state index contributed by atoms with van der Waals surface area (Å²) in [6.07, 6.45) is 10.7. The Kier molecular flexibility index (Phi) is 10.9. The molecule has 0 radical (unpaired) electrons. The van der Waals surface area contributed by atoms with E-state index in [0.29, 0.717) is 24.4 Å². The van der Waals surface area contributed by atoms with Crippen LogP contribution in [0.4, 0.5) is 0 Å². The van der Waals surface area contributed by atoms with Gasteiger partial charge in [-0.3, -0.25) is 4.79 Å². The molecule has 1 aliphatic rings. The van der Waals surface area contributed by atoms with Crippen molar-refractivity contribution in [2.45, 2.75) is 38.5 Å². The molecule has 0 amide bonds. The molecule has 0 heterocycles. The summed E-state index contributed by atoms with van der Waals surface area (Å²) in [5.41, 5.74) is 2.00. The van der Waals surface area contributed by atoms with Crippen molar-refractivity contribution in [3.8, 4) is 11.5 Å². The number of ketones is 1. The largest absolute Gasteiger partial charge is 0.493 e. The smallest absolute Gasteiger partial charge is 0.161 e. The molecule has 0 N–H and O–H groups in total. The molecule has 32 heavy (non-hydrogen) atoms. The minimum absolute atomic E-state index is 0.184. The average molecular weight is 444 g/mol. The van der Waals surface area contributed by atoms with Crippen LogP contribution in [0, 0.1) is 0 Å². The number of ether oxygens (including phenoxy) is 4. The predicted octanol–water partition coefficient (Wildman–Crippen LogP) is 4.70. The first-order chi connectivity index (χ1) is 15.5. The number of unbranched alkanes of at least 4 members (excludes halogenated alkanes) is 2. The number of carbonyl (C=O) groups is 1. The Morgan fingerprint density at radius 1 is 0.906 bits per heavy atom. The van der Waals surface area contributed by atoms with E-state index < -0.39 is 0 Å². The minimum atomic E-state index is 0.184. The summed E-state index contributed by atoms with van der Waals surface area (Å²) < 4.78 is 21.3. The molecule has 0 aliphatic heterocycles. The summed E-state index contributed by atoms with van der Waals surface area (Å²) in [6, 6.07) is 6.07. The highest BCUT2D eigenvalue weighted by atomic mass is 16.5. The second kappa shape index (κ2) is 13.6. The molecule has 1 aromatic carbocycles. The van der Waals surface area contributed by atoms with Crippen molar-refractivity contribution in [2.75, 3.05) is 48.6 Å². The standard InChI is InChI=1S/C26H37NO5/c1-27(17-15-20-13-14-24(30-3)25(18-20)31-4)16-8-6-7-11-22(28)21-10-9-12-23(29-2)26(19-21)32-5/h9,12-14,18-19H,6-8,10-11,15-17H2,1-5H3. The Morgan fingerprint density at radius 3 is 2.34 bits per heavy atom. The van der Waals surface area contributed by atoms with Gasteiger partial charge in [-0.2, -0.15) is 0 Å². The van der Waals surface area contributed by atoms with Crippen LogP contribution in [0.25, 0.3) is 0 Å². The van der Waals surface area contributed by atoms with Crippen LogP contribution in [-0.2, 0) is 20.7 Å². The van der Waals surface area contributed by atoms with E-state index in [1.807, 2.05) is 30.4 Å². The quantitative estimate of drug-likeness (QED) is 0.389. The first-order valence-corrected chi connectivity index (χ1v) is 11.1. The molecule has 0 unspecified atom stereocenters. The third kappa shape index (κ3) is 7.75. The Morgan fingerprint density at radius 2 is 1.66 bits per heavy atom. The number of Topliss-reactive ketones (excluding diaryl/α,β-unsaturated/α-hetero) is 1. The zero-order chi connectivity index (χ0) is 23.3. The van der Waals surface area contributed by atoms with Crippen LogP contribution in [0.2, 0.25) is 0 Å². The molecule has 1 aromatic rings. The third-order valence-corrected chi connectivity index (χ3v) is 5.63. The van der Waals surface area contributed by atoms with Gasteiger partial charge in [0.15, 0.2) is 28.8 Å². The molecule has 0 bridgehead atoms. The lowest BCUT2D eigenvalue weighted by Gasteiger charge is -2.17.